The highest BCUT2D eigenvalue weighted by Crippen LogP contribution is 2.36. The lowest BCUT2D eigenvalue weighted by molar-refractivity contribution is 0.0681. The minimum atomic E-state index is -0.296. The average Bonchev–Trinajstić information content (AvgIpc) is 3.34. The zero-order valence-corrected chi connectivity index (χ0v) is 13.4. The Morgan fingerprint density at radius 2 is 2.04 bits per heavy atom. The smallest absolute Gasteiger partial charge is 0.310 e. The first kappa shape index (κ1) is 14.8. The summed E-state index contributed by atoms with van der Waals surface area (Å²) < 4.78 is 18.4. The summed E-state index contributed by atoms with van der Waals surface area (Å²) in [5.74, 6) is -0.327. The van der Waals surface area contributed by atoms with E-state index >= 15 is 0 Å². The van der Waals surface area contributed by atoms with Gasteiger partial charge in [0.15, 0.2) is 5.76 Å². The lowest BCUT2D eigenvalue weighted by atomic mass is 10.0. The first-order valence-corrected chi connectivity index (χ1v) is 8.34. The molecule has 1 amide bonds. The predicted molar refractivity (Wildman–Crippen MR) is 89.5 cm³/mol. The summed E-state index contributed by atoms with van der Waals surface area (Å²) in [6, 6.07) is 13.2. The summed E-state index contributed by atoms with van der Waals surface area (Å²) in [5.41, 5.74) is 1.57. The second kappa shape index (κ2) is 6.05. The van der Waals surface area contributed by atoms with Crippen LogP contribution in [0.15, 0.2) is 69.7 Å². The van der Waals surface area contributed by atoms with Crippen LogP contribution >= 0.6 is 11.3 Å². The molecule has 1 atom stereocenters. The second-order valence-corrected chi connectivity index (χ2v) is 6.40. The van der Waals surface area contributed by atoms with E-state index in [4.69, 9.17) is 4.42 Å². The van der Waals surface area contributed by atoms with Gasteiger partial charge < -0.3 is 4.42 Å². The van der Waals surface area contributed by atoms with Crippen molar-refractivity contribution in [3.8, 4) is 0 Å². The molecule has 0 aliphatic carbocycles. The van der Waals surface area contributed by atoms with E-state index in [0.29, 0.717) is 6.42 Å². The third-order valence-electron chi connectivity index (χ3n) is 3.90. The number of amides is 1. The molecule has 4 nitrogen and oxygen atoms in total. The van der Waals surface area contributed by atoms with Gasteiger partial charge in [-0.25, -0.2) is 9.40 Å². The first-order chi connectivity index (χ1) is 11.7. The number of hydrazone groups is 1. The van der Waals surface area contributed by atoms with Gasteiger partial charge in [0.2, 0.25) is 0 Å². The molecular formula is C18H13FN2O2S. The molecule has 0 saturated heterocycles. The van der Waals surface area contributed by atoms with Crippen LogP contribution in [0.25, 0.3) is 0 Å². The van der Waals surface area contributed by atoms with Crippen molar-refractivity contribution in [1.29, 1.82) is 0 Å². The van der Waals surface area contributed by atoms with Crippen molar-refractivity contribution in [2.45, 2.75) is 12.5 Å². The van der Waals surface area contributed by atoms with E-state index in [9.17, 15) is 9.18 Å². The van der Waals surface area contributed by atoms with Gasteiger partial charge >= 0.3 is 5.91 Å². The minimum Gasteiger partial charge on any atom is -0.459 e. The molecule has 1 aliphatic heterocycles. The largest absolute Gasteiger partial charge is 0.459 e. The van der Waals surface area contributed by atoms with Crippen LogP contribution in [0.5, 0.6) is 0 Å². The van der Waals surface area contributed by atoms with Crippen LogP contribution in [0.1, 0.15) is 33.5 Å². The monoisotopic (exact) mass is 340 g/mol. The zero-order chi connectivity index (χ0) is 16.5. The van der Waals surface area contributed by atoms with E-state index in [1.807, 2.05) is 17.5 Å². The van der Waals surface area contributed by atoms with E-state index in [2.05, 4.69) is 5.10 Å². The van der Waals surface area contributed by atoms with E-state index < -0.39 is 0 Å². The second-order valence-electron chi connectivity index (χ2n) is 5.42. The molecule has 0 radical (unpaired) electrons. The summed E-state index contributed by atoms with van der Waals surface area (Å²) >= 11 is 1.58. The first-order valence-electron chi connectivity index (χ1n) is 7.46. The van der Waals surface area contributed by atoms with Gasteiger partial charge in [0.25, 0.3) is 0 Å². The molecule has 24 heavy (non-hydrogen) atoms. The van der Waals surface area contributed by atoms with E-state index in [1.165, 1.54) is 23.4 Å². The van der Waals surface area contributed by atoms with Crippen LogP contribution in [-0.4, -0.2) is 16.6 Å². The molecule has 1 aliphatic rings. The summed E-state index contributed by atoms with van der Waals surface area (Å²) in [7, 11) is 0. The highest BCUT2D eigenvalue weighted by molar-refractivity contribution is 7.10. The van der Waals surface area contributed by atoms with Crippen LogP contribution in [0, 0.1) is 5.82 Å². The molecule has 3 aromatic rings. The lowest BCUT2D eigenvalue weighted by Crippen LogP contribution is -2.26. The molecular weight excluding hydrogens is 327 g/mol. The maximum absolute atomic E-state index is 13.1. The zero-order valence-electron chi connectivity index (χ0n) is 12.6. The fourth-order valence-electron chi connectivity index (χ4n) is 2.73. The molecule has 0 saturated carbocycles. The quantitative estimate of drug-likeness (QED) is 0.706. The van der Waals surface area contributed by atoms with Crippen LogP contribution in [0.3, 0.4) is 0 Å². The van der Waals surface area contributed by atoms with Crippen LogP contribution in [0.4, 0.5) is 4.39 Å². The van der Waals surface area contributed by atoms with Crippen molar-refractivity contribution < 1.29 is 13.6 Å². The molecule has 120 valence electrons. The summed E-state index contributed by atoms with van der Waals surface area (Å²) in [6.45, 7) is 0. The molecule has 3 heterocycles. The highest BCUT2D eigenvalue weighted by atomic mass is 32.1. The summed E-state index contributed by atoms with van der Waals surface area (Å²) in [5, 5.41) is 7.94. The van der Waals surface area contributed by atoms with Gasteiger partial charge in [0.05, 0.1) is 18.0 Å². The van der Waals surface area contributed by atoms with Crippen LogP contribution < -0.4 is 0 Å². The van der Waals surface area contributed by atoms with Crippen LogP contribution in [0.2, 0.25) is 0 Å². The van der Waals surface area contributed by atoms with Gasteiger partial charge in [-0.05, 0) is 41.3 Å². The normalized spacial score (nSPS) is 17.1. The van der Waals surface area contributed by atoms with Crippen LogP contribution in [-0.2, 0) is 0 Å². The van der Waals surface area contributed by atoms with E-state index in [-0.39, 0.29) is 23.5 Å². The topological polar surface area (TPSA) is 45.8 Å². The predicted octanol–water partition coefficient (Wildman–Crippen LogP) is 4.47. The molecule has 0 unspecified atom stereocenters. The number of rotatable bonds is 3. The van der Waals surface area contributed by atoms with Gasteiger partial charge in [-0.2, -0.15) is 5.10 Å². The Morgan fingerprint density at radius 3 is 2.71 bits per heavy atom. The minimum absolute atomic E-state index is 0.178. The molecule has 2 aromatic heterocycles. The molecule has 0 bridgehead atoms. The lowest BCUT2D eigenvalue weighted by Gasteiger charge is -2.19. The Balaban J connectivity index is 1.71. The molecule has 6 heteroatoms. The van der Waals surface area contributed by atoms with E-state index in [1.54, 1.807) is 35.6 Å². The number of nitrogens with zero attached hydrogens (tertiary/aromatic N) is 2. The number of furan rings is 1. The Kier molecular flexibility index (Phi) is 3.74. The van der Waals surface area contributed by atoms with Gasteiger partial charge in [0.1, 0.15) is 5.82 Å². The van der Waals surface area contributed by atoms with Crippen molar-refractivity contribution in [3.63, 3.8) is 0 Å². The molecule has 0 N–H and O–H groups in total. The van der Waals surface area contributed by atoms with Crippen molar-refractivity contribution in [2.24, 2.45) is 5.10 Å². The SMILES string of the molecule is O=C(c1ccco1)N1N=C(c2ccc(F)cc2)C[C@@H]1c1cccs1. The van der Waals surface area contributed by atoms with E-state index in [0.717, 1.165) is 16.2 Å². The highest BCUT2D eigenvalue weighted by Gasteiger charge is 2.35. The van der Waals surface area contributed by atoms with Crippen molar-refractivity contribution in [1.82, 2.24) is 5.01 Å². The third kappa shape index (κ3) is 2.65. The maximum atomic E-state index is 13.1. The third-order valence-corrected chi connectivity index (χ3v) is 4.87. The fraction of sp³-hybridized carbons (Fsp3) is 0.111. The summed E-state index contributed by atoms with van der Waals surface area (Å²) in [4.78, 5) is 13.8. The number of benzene rings is 1. The van der Waals surface area contributed by atoms with Gasteiger partial charge in [-0.1, -0.05) is 18.2 Å². The Hall–Kier alpha value is -2.73. The van der Waals surface area contributed by atoms with Gasteiger partial charge in [-0.15, -0.1) is 11.3 Å². The fourth-order valence-corrected chi connectivity index (χ4v) is 3.54. The van der Waals surface area contributed by atoms with Crippen molar-refractivity contribution in [3.05, 3.63) is 82.2 Å². The Labute approximate surface area is 141 Å². The van der Waals surface area contributed by atoms with Gasteiger partial charge in [0, 0.05) is 11.3 Å². The standard InChI is InChI=1S/C18H13FN2O2S/c19-13-7-5-12(6-8-13)14-11-15(17-4-2-10-24-17)21(20-14)18(22)16-3-1-9-23-16/h1-10,15H,11H2/t15-/m1/s1. The molecule has 0 spiro atoms. The molecule has 4 rings (SSSR count). The molecule has 1 aromatic carbocycles. The molecule has 0 fully saturated rings. The van der Waals surface area contributed by atoms with Crippen molar-refractivity contribution >= 4 is 23.0 Å². The Morgan fingerprint density at radius 1 is 1.21 bits per heavy atom. The number of carbonyl (C=O) groups excluding carboxylic acids is 1. The Bertz CT molecular complexity index is 870. The summed E-state index contributed by atoms with van der Waals surface area (Å²) in [6.07, 6.45) is 2.05. The number of hydrogen-bond acceptors (Lipinski definition) is 4. The number of thiophene rings is 1. The van der Waals surface area contributed by atoms with Gasteiger partial charge in [-0.3, -0.25) is 4.79 Å². The van der Waals surface area contributed by atoms with Crippen molar-refractivity contribution in [2.75, 3.05) is 0 Å². The average molecular weight is 340 g/mol. The number of hydrogen-bond donors (Lipinski definition) is 0. The number of carbonyl (C=O) groups is 1. The maximum Gasteiger partial charge on any atom is 0.310 e. The number of halogens is 1.